The second-order valence-corrected chi connectivity index (χ2v) is 8.54. The lowest BCUT2D eigenvalue weighted by Gasteiger charge is -2.43. The highest BCUT2D eigenvalue weighted by molar-refractivity contribution is 5.86. The summed E-state index contributed by atoms with van der Waals surface area (Å²) in [5.41, 5.74) is 1.31. The highest BCUT2D eigenvalue weighted by atomic mass is 16.5. The van der Waals surface area contributed by atoms with Crippen LogP contribution in [-0.2, 0) is 25.5 Å². The molecule has 168 valence electrons. The number of ether oxygens (including phenoxy) is 1. The summed E-state index contributed by atoms with van der Waals surface area (Å²) in [5, 5.41) is 3.56. The molecule has 2 saturated heterocycles. The predicted octanol–water partition coefficient (Wildman–Crippen LogP) is 2.28. The highest BCUT2D eigenvalue weighted by Gasteiger charge is 2.50. The maximum atomic E-state index is 13.2. The summed E-state index contributed by atoms with van der Waals surface area (Å²) >= 11 is 0. The van der Waals surface area contributed by atoms with Crippen molar-refractivity contribution >= 4 is 17.8 Å². The molecule has 2 atom stereocenters. The van der Waals surface area contributed by atoms with Gasteiger partial charge in [0.2, 0.25) is 12.0 Å². The molecule has 0 radical (unpaired) electrons. The number of hydrogen-bond acceptors (Lipinski definition) is 5. The number of benzene rings is 2. The average molecular weight is 436 g/mol. The third-order valence-corrected chi connectivity index (χ3v) is 6.51. The van der Waals surface area contributed by atoms with Gasteiger partial charge in [-0.2, -0.15) is 0 Å². The number of nitrogens with zero attached hydrogens (tertiary/aromatic N) is 2. The number of carbonyl (C=O) groups excluding carboxylic acids is 3. The molecule has 0 saturated carbocycles. The van der Waals surface area contributed by atoms with Gasteiger partial charge in [-0.05, 0) is 12.0 Å². The van der Waals surface area contributed by atoms with Crippen molar-refractivity contribution in [3.05, 3.63) is 71.8 Å². The summed E-state index contributed by atoms with van der Waals surface area (Å²) in [7, 11) is 1.84. The van der Waals surface area contributed by atoms with E-state index in [1.807, 2.05) is 60.5 Å². The molecule has 2 amide bonds. The number of esters is 1. The van der Waals surface area contributed by atoms with Gasteiger partial charge in [-0.25, -0.2) is 0 Å². The summed E-state index contributed by atoms with van der Waals surface area (Å²) in [6.45, 7) is 2.27. The molecule has 2 aliphatic heterocycles. The SMILES string of the molecule is CC(=O)OC(C(=O)N1CCC2(CC1)NC(Cc1ccccc1)C(=O)N2C)c1ccccc1. The minimum atomic E-state index is -0.954. The van der Waals surface area contributed by atoms with Gasteiger partial charge in [-0.3, -0.25) is 19.7 Å². The van der Waals surface area contributed by atoms with Crippen molar-refractivity contribution in [1.29, 1.82) is 0 Å². The van der Waals surface area contributed by atoms with E-state index in [4.69, 9.17) is 4.74 Å². The van der Waals surface area contributed by atoms with Gasteiger partial charge in [0.05, 0.1) is 11.7 Å². The first kappa shape index (κ1) is 22.0. The van der Waals surface area contributed by atoms with Crippen LogP contribution >= 0.6 is 0 Å². The van der Waals surface area contributed by atoms with Crippen molar-refractivity contribution in [3.8, 4) is 0 Å². The van der Waals surface area contributed by atoms with Crippen LogP contribution in [-0.4, -0.2) is 59.4 Å². The van der Waals surface area contributed by atoms with Crippen LogP contribution in [0.15, 0.2) is 60.7 Å². The molecule has 7 nitrogen and oxygen atoms in total. The van der Waals surface area contributed by atoms with E-state index >= 15 is 0 Å². The van der Waals surface area contributed by atoms with E-state index in [0.717, 1.165) is 5.56 Å². The van der Waals surface area contributed by atoms with Crippen LogP contribution < -0.4 is 5.32 Å². The Bertz CT molecular complexity index is 971. The molecule has 7 heteroatoms. The smallest absolute Gasteiger partial charge is 0.303 e. The molecule has 0 aliphatic carbocycles. The van der Waals surface area contributed by atoms with E-state index in [9.17, 15) is 14.4 Å². The molecule has 2 aromatic rings. The van der Waals surface area contributed by atoms with Crippen molar-refractivity contribution in [2.24, 2.45) is 0 Å². The molecule has 0 aromatic heterocycles. The summed E-state index contributed by atoms with van der Waals surface area (Å²) in [4.78, 5) is 41.4. The Morgan fingerprint density at radius 2 is 1.66 bits per heavy atom. The third kappa shape index (κ3) is 4.39. The van der Waals surface area contributed by atoms with Gasteiger partial charge in [0.15, 0.2) is 0 Å². The van der Waals surface area contributed by atoms with Gasteiger partial charge in [-0.15, -0.1) is 0 Å². The standard InChI is InChI=1S/C25H29N3O4/c1-18(29)32-22(20-11-7-4-8-12-20)24(31)28-15-13-25(14-16-28)26-21(23(30)27(25)2)17-19-9-5-3-6-10-19/h3-12,21-22,26H,13-17H2,1-2H3. The van der Waals surface area contributed by atoms with E-state index in [2.05, 4.69) is 5.32 Å². The second kappa shape index (κ2) is 9.12. The lowest BCUT2D eigenvalue weighted by Crippen LogP contribution is -2.59. The Hall–Kier alpha value is -3.19. The largest absolute Gasteiger partial charge is 0.447 e. The molecular weight excluding hydrogens is 406 g/mol. The maximum Gasteiger partial charge on any atom is 0.303 e. The van der Waals surface area contributed by atoms with Gasteiger partial charge in [-0.1, -0.05) is 60.7 Å². The van der Waals surface area contributed by atoms with Crippen molar-refractivity contribution in [2.45, 2.75) is 44.0 Å². The summed E-state index contributed by atoms with van der Waals surface area (Å²) in [6, 6.07) is 18.8. The summed E-state index contributed by atoms with van der Waals surface area (Å²) in [6.07, 6.45) is 0.919. The van der Waals surface area contributed by atoms with E-state index in [1.54, 1.807) is 17.0 Å². The first-order chi connectivity index (χ1) is 15.4. The Balaban J connectivity index is 1.44. The number of nitrogens with one attached hydrogen (secondary N) is 1. The van der Waals surface area contributed by atoms with Gasteiger partial charge >= 0.3 is 5.97 Å². The number of amides is 2. The number of rotatable bonds is 5. The Morgan fingerprint density at radius 3 is 2.25 bits per heavy atom. The first-order valence-corrected chi connectivity index (χ1v) is 11.0. The minimum Gasteiger partial charge on any atom is -0.447 e. The number of carbonyl (C=O) groups is 3. The molecule has 2 fully saturated rings. The van der Waals surface area contributed by atoms with Gasteiger partial charge < -0.3 is 14.5 Å². The van der Waals surface area contributed by atoms with E-state index in [-0.39, 0.29) is 17.9 Å². The predicted molar refractivity (Wildman–Crippen MR) is 119 cm³/mol. The maximum absolute atomic E-state index is 13.2. The van der Waals surface area contributed by atoms with E-state index in [1.165, 1.54) is 6.92 Å². The summed E-state index contributed by atoms with van der Waals surface area (Å²) < 4.78 is 5.38. The van der Waals surface area contributed by atoms with E-state index in [0.29, 0.717) is 37.9 Å². The minimum absolute atomic E-state index is 0.0794. The number of likely N-dealkylation sites (tertiary alicyclic amines) is 1. The number of piperidine rings is 1. The number of hydrogen-bond donors (Lipinski definition) is 1. The molecule has 2 aliphatic rings. The monoisotopic (exact) mass is 435 g/mol. The quantitative estimate of drug-likeness (QED) is 0.729. The fraction of sp³-hybridized carbons (Fsp3) is 0.400. The third-order valence-electron chi connectivity index (χ3n) is 6.51. The van der Waals surface area contributed by atoms with Gasteiger partial charge in [0, 0.05) is 45.5 Å². The Labute approximate surface area is 188 Å². The molecular formula is C25H29N3O4. The summed E-state index contributed by atoms with van der Waals surface area (Å²) in [5.74, 6) is -0.642. The van der Waals surface area contributed by atoms with Crippen LogP contribution in [0.1, 0.15) is 37.0 Å². The van der Waals surface area contributed by atoms with Crippen LogP contribution in [0, 0.1) is 0 Å². The van der Waals surface area contributed by atoms with Crippen LogP contribution in [0.25, 0.3) is 0 Å². The molecule has 2 aromatic carbocycles. The highest BCUT2D eigenvalue weighted by Crippen LogP contribution is 2.33. The molecule has 2 heterocycles. The normalized spacial score (nSPS) is 20.9. The fourth-order valence-corrected chi connectivity index (χ4v) is 4.71. The van der Waals surface area contributed by atoms with Crippen molar-refractivity contribution in [1.82, 2.24) is 15.1 Å². The van der Waals surface area contributed by atoms with Gasteiger partial charge in [0.1, 0.15) is 0 Å². The first-order valence-electron chi connectivity index (χ1n) is 11.0. The van der Waals surface area contributed by atoms with Crippen molar-refractivity contribution in [3.63, 3.8) is 0 Å². The van der Waals surface area contributed by atoms with Crippen LogP contribution in [0.2, 0.25) is 0 Å². The molecule has 2 unspecified atom stereocenters. The number of likely N-dealkylation sites (N-methyl/N-ethyl adjacent to an activating group) is 1. The zero-order chi connectivity index (χ0) is 22.7. The van der Waals surface area contributed by atoms with Crippen LogP contribution in [0.4, 0.5) is 0 Å². The molecule has 1 N–H and O–H groups in total. The van der Waals surface area contributed by atoms with Crippen molar-refractivity contribution < 1.29 is 19.1 Å². The zero-order valence-corrected chi connectivity index (χ0v) is 18.5. The Kier molecular flexibility index (Phi) is 6.28. The molecule has 4 rings (SSSR count). The van der Waals surface area contributed by atoms with Crippen LogP contribution in [0.5, 0.6) is 0 Å². The second-order valence-electron chi connectivity index (χ2n) is 8.54. The topological polar surface area (TPSA) is 79.0 Å². The van der Waals surface area contributed by atoms with Crippen molar-refractivity contribution in [2.75, 3.05) is 20.1 Å². The average Bonchev–Trinajstić information content (AvgIpc) is 3.03. The molecule has 1 spiro atoms. The lowest BCUT2D eigenvalue weighted by molar-refractivity contribution is -0.160. The fourth-order valence-electron chi connectivity index (χ4n) is 4.71. The molecule has 32 heavy (non-hydrogen) atoms. The van der Waals surface area contributed by atoms with Crippen LogP contribution in [0.3, 0.4) is 0 Å². The zero-order valence-electron chi connectivity index (χ0n) is 18.5. The lowest BCUT2D eigenvalue weighted by atomic mass is 9.95. The van der Waals surface area contributed by atoms with E-state index < -0.39 is 17.7 Å². The van der Waals surface area contributed by atoms with Gasteiger partial charge in [0.25, 0.3) is 5.91 Å². The molecule has 0 bridgehead atoms. The Morgan fingerprint density at radius 1 is 1.06 bits per heavy atom.